The Bertz CT molecular complexity index is 194. The molecule has 0 spiro atoms. The van der Waals surface area contributed by atoms with Crippen LogP contribution in [0.2, 0.25) is 0 Å². The van der Waals surface area contributed by atoms with Crippen molar-refractivity contribution in [1.29, 1.82) is 0 Å². The predicted octanol–water partition coefficient (Wildman–Crippen LogP) is 3.63. The van der Waals surface area contributed by atoms with E-state index in [-0.39, 0.29) is 12.2 Å². The number of unbranched alkanes of at least 4 members (excludes halogenated alkanes) is 7. The minimum Gasteiger partial charge on any atom is -0.444 e. The molecule has 1 saturated heterocycles. The van der Waals surface area contributed by atoms with E-state index in [1.165, 1.54) is 51.4 Å². The molecule has 3 heteroatoms. The molecule has 0 aromatic rings. The number of alkyl carbamates (subject to hydrolysis) is 1. The van der Waals surface area contributed by atoms with Crippen molar-refractivity contribution >= 4 is 6.09 Å². The van der Waals surface area contributed by atoms with Gasteiger partial charge in [-0.25, -0.2) is 4.79 Å². The van der Waals surface area contributed by atoms with E-state index in [0.29, 0.717) is 6.54 Å². The van der Waals surface area contributed by atoms with Crippen molar-refractivity contribution in [3.63, 3.8) is 0 Å². The quantitative estimate of drug-likeness (QED) is 0.611. The Balaban J connectivity index is 1.79. The van der Waals surface area contributed by atoms with Crippen molar-refractivity contribution in [3.05, 3.63) is 0 Å². The van der Waals surface area contributed by atoms with E-state index < -0.39 is 0 Å². The zero-order valence-electron chi connectivity index (χ0n) is 10.5. The van der Waals surface area contributed by atoms with Crippen LogP contribution in [0.3, 0.4) is 0 Å². The average molecular weight is 227 g/mol. The lowest BCUT2D eigenvalue weighted by Crippen LogP contribution is -2.14. The summed E-state index contributed by atoms with van der Waals surface area (Å²) in [5, 5.41) is 2.68. The van der Waals surface area contributed by atoms with Gasteiger partial charge in [0.05, 0.1) is 6.54 Å². The third-order valence-electron chi connectivity index (χ3n) is 3.13. The molecule has 0 aromatic carbocycles. The Hall–Kier alpha value is -0.730. The molecular weight excluding hydrogens is 202 g/mol. The van der Waals surface area contributed by atoms with E-state index in [1.54, 1.807) is 0 Å². The lowest BCUT2D eigenvalue weighted by atomic mass is 10.1. The number of hydrogen-bond donors (Lipinski definition) is 1. The number of cyclic esters (lactones) is 1. The molecule has 1 N–H and O–H groups in total. The van der Waals surface area contributed by atoms with Gasteiger partial charge in [0.25, 0.3) is 0 Å². The van der Waals surface area contributed by atoms with Gasteiger partial charge in [0.15, 0.2) is 0 Å². The minimum absolute atomic E-state index is 0.132. The Labute approximate surface area is 98.9 Å². The second kappa shape index (κ2) is 8.43. The molecule has 1 aliphatic rings. The van der Waals surface area contributed by atoms with Gasteiger partial charge in [-0.05, 0) is 12.8 Å². The Morgan fingerprint density at radius 2 is 1.75 bits per heavy atom. The summed E-state index contributed by atoms with van der Waals surface area (Å²) in [7, 11) is 0. The van der Waals surface area contributed by atoms with Crippen molar-refractivity contribution in [3.8, 4) is 0 Å². The number of rotatable bonds is 9. The largest absolute Gasteiger partial charge is 0.444 e. The summed E-state index contributed by atoms with van der Waals surface area (Å²) in [4.78, 5) is 10.8. The van der Waals surface area contributed by atoms with Gasteiger partial charge >= 0.3 is 6.09 Å². The van der Waals surface area contributed by atoms with Crippen LogP contribution in [0, 0.1) is 0 Å². The predicted molar refractivity (Wildman–Crippen MR) is 65.5 cm³/mol. The molecule has 0 saturated carbocycles. The van der Waals surface area contributed by atoms with Crippen LogP contribution in [0.25, 0.3) is 0 Å². The number of nitrogens with one attached hydrogen (secondary N) is 1. The molecule has 0 radical (unpaired) electrons. The summed E-state index contributed by atoms with van der Waals surface area (Å²) < 4.78 is 5.07. The van der Waals surface area contributed by atoms with E-state index in [2.05, 4.69) is 12.2 Å². The number of ether oxygens (including phenoxy) is 1. The first-order valence-corrected chi connectivity index (χ1v) is 6.77. The molecule has 1 rings (SSSR count). The van der Waals surface area contributed by atoms with Gasteiger partial charge in [0.2, 0.25) is 0 Å². The van der Waals surface area contributed by atoms with Crippen LogP contribution in [0.1, 0.15) is 64.7 Å². The summed E-state index contributed by atoms with van der Waals surface area (Å²) in [5.74, 6) is 0. The molecule has 1 atom stereocenters. The number of amides is 1. The third kappa shape index (κ3) is 5.99. The molecule has 0 aromatic heterocycles. The fourth-order valence-corrected chi connectivity index (χ4v) is 2.10. The van der Waals surface area contributed by atoms with Crippen molar-refractivity contribution in [2.75, 3.05) is 6.54 Å². The van der Waals surface area contributed by atoms with Gasteiger partial charge in [-0.2, -0.15) is 0 Å². The first kappa shape index (κ1) is 13.3. The molecule has 0 aliphatic carbocycles. The zero-order valence-corrected chi connectivity index (χ0v) is 10.5. The monoisotopic (exact) mass is 227 g/mol. The highest BCUT2D eigenvalue weighted by Crippen LogP contribution is 2.13. The fourth-order valence-electron chi connectivity index (χ4n) is 2.10. The van der Waals surface area contributed by atoms with Crippen LogP contribution in [-0.2, 0) is 4.74 Å². The van der Waals surface area contributed by atoms with Gasteiger partial charge in [-0.3, -0.25) is 0 Å². The maximum absolute atomic E-state index is 10.8. The maximum Gasteiger partial charge on any atom is 0.407 e. The lowest BCUT2D eigenvalue weighted by Gasteiger charge is -2.06. The van der Waals surface area contributed by atoms with Crippen LogP contribution in [0.15, 0.2) is 0 Å². The Kier molecular flexibility index (Phi) is 7.02. The molecule has 1 amide bonds. The molecule has 3 nitrogen and oxygen atoms in total. The highest BCUT2D eigenvalue weighted by Gasteiger charge is 2.21. The molecule has 1 aliphatic heterocycles. The first-order chi connectivity index (χ1) is 7.83. The molecule has 1 heterocycles. The fraction of sp³-hybridized carbons (Fsp3) is 0.923. The van der Waals surface area contributed by atoms with Crippen molar-refractivity contribution in [1.82, 2.24) is 5.32 Å². The van der Waals surface area contributed by atoms with Crippen LogP contribution in [0.5, 0.6) is 0 Å². The molecule has 1 fully saturated rings. The van der Waals surface area contributed by atoms with Crippen molar-refractivity contribution in [2.24, 2.45) is 0 Å². The molecule has 94 valence electrons. The summed E-state index contributed by atoms with van der Waals surface area (Å²) >= 11 is 0. The van der Waals surface area contributed by atoms with Crippen LogP contribution in [0.4, 0.5) is 4.79 Å². The maximum atomic E-state index is 10.8. The summed E-state index contributed by atoms with van der Waals surface area (Å²) in [5.41, 5.74) is 0. The first-order valence-electron chi connectivity index (χ1n) is 6.77. The highest BCUT2D eigenvalue weighted by atomic mass is 16.6. The van der Waals surface area contributed by atoms with Gasteiger partial charge in [0.1, 0.15) is 6.10 Å². The molecule has 16 heavy (non-hydrogen) atoms. The van der Waals surface area contributed by atoms with E-state index in [9.17, 15) is 4.79 Å². The van der Waals surface area contributed by atoms with Gasteiger partial charge < -0.3 is 10.1 Å². The zero-order chi connectivity index (χ0) is 11.6. The van der Waals surface area contributed by atoms with Gasteiger partial charge in [0, 0.05) is 0 Å². The minimum atomic E-state index is -0.246. The summed E-state index contributed by atoms with van der Waals surface area (Å²) in [6, 6.07) is 0. The van der Waals surface area contributed by atoms with Gasteiger partial charge in [-0.15, -0.1) is 0 Å². The SMILES string of the molecule is CCCCCCCCCCC1CNC(=O)O1. The van der Waals surface area contributed by atoms with Crippen LogP contribution in [-0.4, -0.2) is 18.7 Å². The van der Waals surface area contributed by atoms with E-state index in [0.717, 1.165) is 6.42 Å². The topological polar surface area (TPSA) is 38.3 Å². The molecule has 0 bridgehead atoms. The second-order valence-corrected chi connectivity index (χ2v) is 4.67. The Morgan fingerprint density at radius 1 is 1.12 bits per heavy atom. The van der Waals surface area contributed by atoms with E-state index >= 15 is 0 Å². The third-order valence-corrected chi connectivity index (χ3v) is 3.13. The lowest BCUT2D eigenvalue weighted by molar-refractivity contribution is 0.134. The van der Waals surface area contributed by atoms with Crippen LogP contribution >= 0.6 is 0 Å². The Morgan fingerprint density at radius 3 is 2.31 bits per heavy atom. The van der Waals surface area contributed by atoms with E-state index in [1.807, 2.05) is 0 Å². The number of carbonyl (C=O) groups excluding carboxylic acids is 1. The molecular formula is C13H25NO2. The summed E-state index contributed by atoms with van der Waals surface area (Å²) in [6.07, 6.45) is 11.5. The standard InChI is InChI=1S/C13H25NO2/c1-2-3-4-5-6-7-8-9-10-12-11-14-13(15)16-12/h12H,2-11H2,1H3,(H,14,15). The second-order valence-electron chi connectivity index (χ2n) is 4.67. The van der Waals surface area contributed by atoms with Crippen molar-refractivity contribution in [2.45, 2.75) is 70.8 Å². The molecule has 1 unspecified atom stereocenters. The number of carbonyl (C=O) groups is 1. The van der Waals surface area contributed by atoms with E-state index in [4.69, 9.17) is 4.74 Å². The summed E-state index contributed by atoms with van der Waals surface area (Å²) in [6.45, 7) is 2.95. The smallest absolute Gasteiger partial charge is 0.407 e. The normalized spacial score (nSPS) is 19.6. The highest BCUT2D eigenvalue weighted by molar-refractivity contribution is 5.69. The van der Waals surface area contributed by atoms with Crippen molar-refractivity contribution < 1.29 is 9.53 Å². The average Bonchev–Trinajstić information content (AvgIpc) is 2.68. The van der Waals surface area contributed by atoms with Gasteiger partial charge in [-0.1, -0.05) is 51.9 Å². The van der Waals surface area contributed by atoms with Crippen LogP contribution < -0.4 is 5.32 Å². The number of hydrogen-bond acceptors (Lipinski definition) is 2.